The Labute approximate surface area is 411 Å². The zero-order chi connectivity index (χ0) is 47.9. The summed E-state index contributed by atoms with van der Waals surface area (Å²) >= 11 is 0. The van der Waals surface area contributed by atoms with E-state index in [-0.39, 0.29) is 5.92 Å². The predicted octanol–water partition coefficient (Wildman–Crippen LogP) is 17.3. The molecule has 0 bridgehead atoms. The van der Waals surface area contributed by atoms with Gasteiger partial charge in [-0.2, -0.15) is 9.97 Å². The molecule has 338 valence electrons. The van der Waals surface area contributed by atoms with Gasteiger partial charge in [0.2, 0.25) is 5.95 Å². The van der Waals surface area contributed by atoms with Crippen molar-refractivity contribution in [2.75, 3.05) is 4.90 Å². The number of hydrogen-bond acceptors (Lipinski definition) is 4. The minimum atomic E-state index is 0.0166. The smallest absolute Gasteiger partial charge is 0.238 e. The van der Waals surface area contributed by atoms with Crippen molar-refractivity contribution in [2.45, 2.75) is 47.5 Å². The van der Waals surface area contributed by atoms with E-state index in [1.807, 2.05) is 18.2 Å². The number of aryl methyl sites for hydroxylation is 6. The van der Waals surface area contributed by atoms with E-state index in [0.717, 1.165) is 66.3 Å². The van der Waals surface area contributed by atoms with Gasteiger partial charge in [0.05, 0.1) is 5.69 Å². The fourth-order valence-electron chi connectivity index (χ4n) is 11.0. The van der Waals surface area contributed by atoms with Crippen molar-refractivity contribution >= 4 is 38.9 Å². The third kappa shape index (κ3) is 8.22. The average molecular weight is 903 g/mol. The summed E-state index contributed by atoms with van der Waals surface area (Å²) in [6.45, 7) is 13.5. The normalized spacial score (nSPS) is 11.4. The molecule has 4 nitrogen and oxygen atoms in total. The van der Waals surface area contributed by atoms with Crippen LogP contribution < -0.4 is 4.90 Å². The van der Waals surface area contributed by atoms with Gasteiger partial charge in [0.1, 0.15) is 0 Å². The van der Waals surface area contributed by atoms with E-state index in [1.54, 1.807) is 0 Å². The first-order valence-electron chi connectivity index (χ1n) is 24.2. The molecule has 0 aliphatic rings. The van der Waals surface area contributed by atoms with Gasteiger partial charge in [-0.1, -0.05) is 205 Å². The van der Waals surface area contributed by atoms with Gasteiger partial charge in [0.25, 0.3) is 0 Å². The summed E-state index contributed by atoms with van der Waals surface area (Å²) in [5, 5.41) is 4.50. The lowest BCUT2D eigenvalue weighted by atomic mass is 9.77. The Kier molecular flexibility index (Phi) is 11.7. The fraction of sp³-hybridized carbons (Fsp3) is 0.106. The maximum absolute atomic E-state index is 5.60. The van der Waals surface area contributed by atoms with Crippen LogP contribution in [-0.2, 0) is 0 Å². The zero-order valence-electron chi connectivity index (χ0n) is 40.6. The van der Waals surface area contributed by atoms with Crippen molar-refractivity contribution in [1.82, 2.24) is 15.0 Å². The van der Waals surface area contributed by atoms with E-state index in [0.29, 0.717) is 17.6 Å². The van der Waals surface area contributed by atoms with E-state index in [2.05, 4.69) is 241 Å². The van der Waals surface area contributed by atoms with Crippen LogP contribution in [0, 0.1) is 41.5 Å². The van der Waals surface area contributed by atoms with Crippen molar-refractivity contribution in [3.05, 3.63) is 262 Å². The van der Waals surface area contributed by atoms with Crippen LogP contribution in [0.2, 0.25) is 0 Å². The van der Waals surface area contributed by atoms with Crippen LogP contribution in [0.4, 0.5) is 17.3 Å². The first-order chi connectivity index (χ1) is 34.2. The van der Waals surface area contributed by atoms with Crippen LogP contribution in [0.5, 0.6) is 0 Å². The number of aromatic nitrogens is 3. The largest absolute Gasteiger partial charge is 0.278 e. The van der Waals surface area contributed by atoms with E-state index in [4.69, 9.17) is 15.0 Å². The molecule has 11 rings (SSSR count). The second-order valence-electron chi connectivity index (χ2n) is 18.8. The van der Waals surface area contributed by atoms with Gasteiger partial charge in [-0.15, -0.1) is 0 Å². The highest BCUT2D eigenvalue weighted by Crippen LogP contribution is 2.46. The van der Waals surface area contributed by atoms with Crippen LogP contribution in [0.1, 0.15) is 56.0 Å². The van der Waals surface area contributed by atoms with Gasteiger partial charge >= 0.3 is 0 Å². The lowest BCUT2D eigenvalue weighted by molar-refractivity contribution is 0.919. The lowest BCUT2D eigenvalue weighted by Gasteiger charge is -2.29. The van der Waals surface area contributed by atoms with Crippen LogP contribution in [0.3, 0.4) is 0 Å². The number of hydrogen-bond donors (Lipinski definition) is 0. The molecule has 1 heterocycles. The molecule has 0 atom stereocenters. The SMILES string of the molecule is Cc1cc(C)c(C(c2ccc(N(c3nc(-c4ccccc4)nc(-c4cccc5cccc(-c6ccccc6)c45)n3)c3ccc4ccccc4c3-c3ccccc3)cc2)c2c(C)cc(C)cc2C)c(C)c1. The number of fused-ring (bicyclic) bond motifs is 2. The molecule has 0 saturated heterocycles. The molecule has 11 aromatic rings. The molecule has 0 N–H and O–H groups in total. The monoisotopic (exact) mass is 902 g/mol. The first-order valence-corrected chi connectivity index (χ1v) is 24.2. The van der Waals surface area contributed by atoms with Crippen molar-refractivity contribution in [3.63, 3.8) is 0 Å². The van der Waals surface area contributed by atoms with Gasteiger partial charge in [-0.3, -0.25) is 4.90 Å². The van der Waals surface area contributed by atoms with Crippen molar-refractivity contribution < 1.29 is 0 Å². The summed E-state index contributed by atoms with van der Waals surface area (Å²) in [4.78, 5) is 18.7. The summed E-state index contributed by atoms with van der Waals surface area (Å²) in [6, 6.07) is 76.1. The highest BCUT2D eigenvalue weighted by atomic mass is 15.3. The van der Waals surface area contributed by atoms with Crippen molar-refractivity contribution in [3.8, 4) is 45.0 Å². The number of nitrogens with zero attached hydrogens (tertiary/aromatic N) is 4. The first kappa shape index (κ1) is 44.1. The molecule has 0 radical (unpaired) electrons. The second-order valence-corrected chi connectivity index (χ2v) is 18.8. The third-order valence-electron chi connectivity index (χ3n) is 13.8. The molecule has 0 aliphatic carbocycles. The van der Waals surface area contributed by atoms with Gasteiger partial charge < -0.3 is 0 Å². The molecule has 0 aliphatic heterocycles. The highest BCUT2D eigenvalue weighted by Gasteiger charge is 2.28. The summed E-state index contributed by atoms with van der Waals surface area (Å²) in [6.07, 6.45) is 0. The molecular weight excluding hydrogens is 849 g/mol. The molecule has 0 unspecified atom stereocenters. The zero-order valence-corrected chi connectivity index (χ0v) is 40.6. The Morgan fingerprint density at radius 1 is 0.386 bits per heavy atom. The van der Waals surface area contributed by atoms with Gasteiger partial charge in [0.15, 0.2) is 11.6 Å². The van der Waals surface area contributed by atoms with Gasteiger partial charge in [0, 0.05) is 33.7 Å². The lowest BCUT2D eigenvalue weighted by Crippen LogP contribution is -2.17. The maximum atomic E-state index is 5.60. The second kappa shape index (κ2) is 18.6. The summed E-state index contributed by atoms with van der Waals surface area (Å²) < 4.78 is 0. The molecule has 70 heavy (non-hydrogen) atoms. The molecule has 0 saturated carbocycles. The van der Waals surface area contributed by atoms with E-state index < -0.39 is 0 Å². The topological polar surface area (TPSA) is 41.9 Å². The van der Waals surface area contributed by atoms with Crippen molar-refractivity contribution in [2.24, 2.45) is 0 Å². The minimum absolute atomic E-state index is 0.0166. The van der Waals surface area contributed by atoms with Gasteiger partial charge in [-0.05, 0) is 132 Å². The Balaban J connectivity index is 1.19. The van der Waals surface area contributed by atoms with E-state index in [9.17, 15) is 0 Å². The van der Waals surface area contributed by atoms with Crippen LogP contribution in [-0.4, -0.2) is 15.0 Å². The Morgan fingerprint density at radius 2 is 0.886 bits per heavy atom. The minimum Gasteiger partial charge on any atom is -0.278 e. The Hall–Kier alpha value is -8.47. The molecule has 0 amide bonds. The standard InChI is InChI=1S/C66H54N4/c1-42-38-44(3)59(45(4)39-42)63(60-46(5)40-43(2)41-47(60)6)52-32-35-54(36-33-52)70(58-37-34-49-22-16-17-29-56(49)62(58)51-23-12-8-13-24-51)66-68-64(53-25-14-9-15-26-53)67-65(69-66)57-31-19-28-50-27-18-30-55(61(50)57)48-20-10-7-11-21-48/h7-41,63H,1-6H3. The number of anilines is 3. The average Bonchev–Trinajstić information content (AvgIpc) is 3.38. The number of rotatable bonds is 10. The van der Waals surface area contributed by atoms with Crippen LogP contribution in [0.15, 0.2) is 212 Å². The molecule has 10 aromatic carbocycles. The Morgan fingerprint density at radius 3 is 1.49 bits per heavy atom. The maximum Gasteiger partial charge on any atom is 0.238 e. The molecule has 1 aromatic heterocycles. The predicted molar refractivity (Wildman–Crippen MR) is 294 cm³/mol. The van der Waals surface area contributed by atoms with Crippen LogP contribution in [0.25, 0.3) is 66.6 Å². The summed E-state index contributed by atoms with van der Waals surface area (Å²) in [5.41, 5.74) is 19.9. The molecular formula is C66H54N4. The summed E-state index contributed by atoms with van der Waals surface area (Å²) in [7, 11) is 0. The fourth-order valence-corrected chi connectivity index (χ4v) is 11.0. The highest BCUT2D eigenvalue weighted by molar-refractivity contribution is 6.07. The van der Waals surface area contributed by atoms with E-state index in [1.165, 1.54) is 50.1 Å². The van der Waals surface area contributed by atoms with Crippen molar-refractivity contribution in [1.29, 1.82) is 0 Å². The molecule has 0 spiro atoms. The van der Waals surface area contributed by atoms with Gasteiger partial charge in [-0.25, -0.2) is 4.98 Å². The number of benzene rings is 10. The van der Waals surface area contributed by atoms with E-state index >= 15 is 0 Å². The molecule has 4 heteroatoms. The van der Waals surface area contributed by atoms with Crippen LogP contribution >= 0.6 is 0 Å². The quantitative estimate of drug-likeness (QED) is 0.128. The third-order valence-corrected chi connectivity index (χ3v) is 13.8. The molecule has 0 fully saturated rings. The Bertz CT molecular complexity index is 3600. The summed E-state index contributed by atoms with van der Waals surface area (Å²) in [5.74, 6) is 1.72.